The molecule has 1 aromatic carbocycles. The quantitative estimate of drug-likeness (QED) is 0.645. The molecule has 2 rings (SSSR count). The zero-order chi connectivity index (χ0) is 13.5. The Morgan fingerprint density at radius 1 is 1.16 bits per heavy atom. The minimum atomic E-state index is 0.831. The van der Waals surface area contributed by atoms with Gasteiger partial charge in [-0.2, -0.15) is 0 Å². The zero-order valence-corrected chi connectivity index (χ0v) is 12.2. The van der Waals surface area contributed by atoms with Gasteiger partial charge in [0.1, 0.15) is 11.6 Å². The van der Waals surface area contributed by atoms with E-state index in [1.807, 2.05) is 30.8 Å². The summed E-state index contributed by atoms with van der Waals surface area (Å²) in [6.45, 7) is 4.94. The molecule has 0 aliphatic carbocycles. The second kappa shape index (κ2) is 7.14. The van der Waals surface area contributed by atoms with Gasteiger partial charge in [-0.25, -0.2) is 9.97 Å². The summed E-state index contributed by atoms with van der Waals surface area (Å²) < 4.78 is 0. The fourth-order valence-electron chi connectivity index (χ4n) is 1.77. The van der Waals surface area contributed by atoms with Crippen molar-refractivity contribution in [2.24, 2.45) is 0 Å². The van der Waals surface area contributed by atoms with Crippen molar-refractivity contribution < 1.29 is 0 Å². The van der Waals surface area contributed by atoms with Crippen LogP contribution in [0.2, 0.25) is 0 Å². The van der Waals surface area contributed by atoms with E-state index in [1.54, 1.807) is 0 Å². The highest BCUT2D eigenvalue weighted by molar-refractivity contribution is 7.99. The van der Waals surface area contributed by atoms with Crippen LogP contribution in [0.5, 0.6) is 0 Å². The van der Waals surface area contributed by atoms with E-state index in [2.05, 4.69) is 46.5 Å². The predicted octanol–water partition coefficient (Wildman–Crippen LogP) is 3.55. The first-order valence-electron chi connectivity index (χ1n) is 6.54. The lowest BCUT2D eigenvalue weighted by molar-refractivity contribution is 0.945. The molecule has 0 amide bonds. The number of hydrogen-bond acceptors (Lipinski definition) is 4. The summed E-state index contributed by atoms with van der Waals surface area (Å²) >= 11 is 1.85. The molecule has 1 heterocycles. The third kappa shape index (κ3) is 4.56. The van der Waals surface area contributed by atoms with Crippen LogP contribution in [0, 0.1) is 6.92 Å². The predicted molar refractivity (Wildman–Crippen MR) is 81.8 cm³/mol. The van der Waals surface area contributed by atoms with Crippen LogP contribution in [0.3, 0.4) is 0 Å². The van der Waals surface area contributed by atoms with Gasteiger partial charge in [0.25, 0.3) is 0 Å². The molecule has 19 heavy (non-hydrogen) atoms. The number of hydrogen-bond donors (Lipinski definition) is 1. The second-order valence-electron chi connectivity index (χ2n) is 4.23. The molecule has 0 unspecified atom stereocenters. The van der Waals surface area contributed by atoms with E-state index in [0.29, 0.717) is 0 Å². The lowest BCUT2D eigenvalue weighted by atomic mass is 10.3. The first kappa shape index (κ1) is 13.9. The maximum absolute atomic E-state index is 4.39. The topological polar surface area (TPSA) is 37.8 Å². The Bertz CT molecular complexity index is 514. The van der Waals surface area contributed by atoms with E-state index in [1.165, 1.54) is 4.90 Å². The second-order valence-corrected chi connectivity index (χ2v) is 5.40. The van der Waals surface area contributed by atoms with Crippen molar-refractivity contribution in [3.05, 3.63) is 47.9 Å². The average molecular weight is 273 g/mol. The Kier molecular flexibility index (Phi) is 5.21. The lowest BCUT2D eigenvalue weighted by Crippen LogP contribution is -2.07. The van der Waals surface area contributed by atoms with Gasteiger partial charge in [-0.1, -0.05) is 25.1 Å². The van der Waals surface area contributed by atoms with E-state index in [9.17, 15) is 0 Å². The van der Waals surface area contributed by atoms with Gasteiger partial charge in [-0.05, 0) is 25.5 Å². The van der Waals surface area contributed by atoms with Crippen molar-refractivity contribution in [1.82, 2.24) is 9.97 Å². The number of aromatic nitrogens is 2. The maximum atomic E-state index is 4.39. The highest BCUT2D eigenvalue weighted by atomic mass is 32.2. The van der Waals surface area contributed by atoms with Crippen LogP contribution in [-0.4, -0.2) is 22.3 Å². The zero-order valence-electron chi connectivity index (χ0n) is 11.4. The average Bonchev–Trinajstić information content (AvgIpc) is 2.44. The fourth-order valence-corrected chi connectivity index (χ4v) is 2.56. The van der Waals surface area contributed by atoms with Crippen LogP contribution < -0.4 is 5.32 Å². The van der Waals surface area contributed by atoms with Crippen molar-refractivity contribution in [1.29, 1.82) is 0 Å². The van der Waals surface area contributed by atoms with E-state index >= 15 is 0 Å². The van der Waals surface area contributed by atoms with E-state index in [-0.39, 0.29) is 0 Å². The first-order chi connectivity index (χ1) is 9.28. The SMILES string of the molecule is CCc1cc(NCCSc2ccccc2)nc(C)n1. The van der Waals surface area contributed by atoms with Gasteiger partial charge in [0.15, 0.2) is 0 Å². The van der Waals surface area contributed by atoms with Crippen molar-refractivity contribution >= 4 is 17.6 Å². The van der Waals surface area contributed by atoms with Gasteiger partial charge in [-0.15, -0.1) is 11.8 Å². The minimum absolute atomic E-state index is 0.831. The van der Waals surface area contributed by atoms with Crippen LogP contribution in [0.1, 0.15) is 18.4 Å². The summed E-state index contributed by atoms with van der Waals surface area (Å²) in [6.07, 6.45) is 0.941. The molecule has 100 valence electrons. The normalized spacial score (nSPS) is 10.4. The number of nitrogens with zero attached hydrogens (tertiary/aromatic N) is 2. The van der Waals surface area contributed by atoms with Gasteiger partial charge in [0, 0.05) is 29.0 Å². The van der Waals surface area contributed by atoms with Crippen LogP contribution in [-0.2, 0) is 6.42 Å². The molecule has 0 atom stereocenters. The van der Waals surface area contributed by atoms with Crippen LogP contribution >= 0.6 is 11.8 Å². The number of nitrogens with one attached hydrogen (secondary N) is 1. The molecule has 4 heteroatoms. The van der Waals surface area contributed by atoms with Crippen molar-refractivity contribution in [2.75, 3.05) is 17.6 Å². The summed E-state index contributed by atoms with van der Waals surface area (Å²) in [5.74, 6) is 2.78. The minimum Gasteiger partial charge on any atom is -0.369 e. The number of aryl methyl sites for hydroxylation is 2. The maximum Gasteiger partial charge on any atom is 0.129 e. The Morgan fingerprint density at radius 3 is 2.68 bits per heavy atom. The van der Waals surface area contributed by atoms with Crippen LogP contribution in [0.15, 0.2) is 41.3 Å². The molecular weight excluding hydrogens is 254 g/mol. The Labute approximate surface area is 118 Å². The van der Waals surface area contributed by atoms with Gasteiger partial charge in [0.05, 0.1) is 0 Å². The molecule has 0 bridgehead atoms. The van der Waals surface area contributed by atoms with Gasteiger partial charge < -0.3 is 5.32 Å². The molecule has 3 nitrogen and oxygen atoms in total. The van der Waals surface area contributed by atoms with Gasteiger partial charge in [-0.3, -0.25) is 0 Å². The van der Waals surface area contributed by atoms with Gasteiger partial charge >= 0.3 is 0 Å². The van der Waals surface area contributed by atoms with Crippen LogP contribution in [0.4, 0.5) is 5.82 Å². The molecule has 0 radical (unpaired) electrons. The Morgan fingerprint density at radius 2 is 1.95 bits per heavy atom. The fraction of sp³-hybridized carbons (Fsp3) is 0.333. The van der Waals surface area contributed by atoms with E-state index in [0.717, 1.165) is 36.1 Å². The monoisotopic (exact) mass is 273 g/mol. The van der Waals surface area contributed by atoms with E-state index in [4.69, 9.17) is 0 Å². The number of rotatable bonds is 6. The molecule has 2 aromatic rings. The molecule has 1 aromatic heterocycles. The first-order valence-corrected chi connectivity index (χ1v) is 7.53. The smallest absolute Gasteiger partial charge is 0.129 e. The molecule has 0 fully saturated rings. The highest BCUT2D eigenvalue weighted by Gasteiger charge is 2.00. The summed E-state index contributed by atoms with van der Waals surface area (Å²) in [5.41, 5.74) is 1.09. The van der Waals surface area contributed by atoms with E-state index < -0.39 is 0 Å². The summed E-state index contributed by atoms with van der Waals surface area (Å²) in [7, 11) is 0. The van der Waals surface area contributed by atoms with Crippen LogP contribution in [0.25, 0.3) is 0 Å². The van der Waals surface area contributed by atoms with Crippen molar-refractivity contribution in [2.45, 2.75) is 25.2 Å². The molecule has 0 saturated carbocycles. The molecule has 1 N–H and O–H groups in total. The Balaban J connectivity index is 1.81. The molecular formula is C15H19N3S. The summed E-state index contributed by atoms with van der Waals surface area (Å²) in [4.78, 5) is 10.1. The van der Waals surface area contributed by atoms with Crippen molar-refractivity contribution in [3.8, 4) is 0 Å². The molecule has 0 aliphatic rings. The standard InChI is InChI=1S/C15H19N3S/c1-3-13-11-15(18-12(2)17-13)16-9-10-19-14-7-5-4-6-8-14/h4-8,11H,3,9-10H2,1-2H3,(H,16,17,18). The third-order valence-corrected chi connectivity index (χ3v) is 3.69. The largest absolute Gasteiger partial charge is 0.369 e. The summed E-state index contributed by atoms with van der Waals surface area (Å²) in [5, 5.41) is 3.36. The molecule has 0 aliphatic heterocycles. The summed E-state index contributed by atoms with van der Waals surface area (Å²) in [6, 6.07) is 12.5. The Hall–Kier alpha value is -1.55. The lowest BCUT2D eigenvalue weighted by Gasteiger charge is -2.07. The third-order valence-electron chi connectivity index (χ3n) is 2.67. The van der Waals surface area contributed by atoms with Crippen molar-refractivity contribution in [3.63, 3.8) is 0 Å². The molecule has 0 spiro atoms. The number of anilines is 1. The molecule has 0 saturated heterocycles. The number of thioether (sulfide) groups is 1. The number of benzene rings is 1. The van der Waals surface area contributed by atoms with Gasteiger partial charge in [0.2, 0.25) is 0 Å². The highest BCUT2D eigenvalue weighted by Crippen LogP contribution is 2.16.